The number of fused-ring (bicyclic) bond motifs is 1. The second kappa shape index (κ2) is 6.39. The van der Waals surface area contributed by atoms with E-state index in [0.717, 1.165) is 23.3 Å². The summed E-state index contributed by atoms with van der Waals surface area (Å²) < 4.78 is 5.35. The van der Waals surface area contributed by atoms with Crippen LogP contribution >= 0.6 is 0 Å². The number of carbonyl (C=O) groups excluding carboxylic acids is 2. The Labute approximate surface area is 152 Å². The van der Waals surface area contributed by atoms with E-state index in [2.05, 4.69) is 9.97 Å². The van der Waals surface area contributed by atoms with Gasteiger partial charge in [-0.1, -0.05) is 0 Å². The number of benzene rings is 1. The van der Waals surface area contributed by atoms with Gasteiger partial charge in [0.2, 0.25) is 5.91 Å². The van der Waals surface area contributed by atoms with Crippen LogP contribution in [0.5, 0.6) is 0 Å². The maximum atomic E-state index is 13.2. The first-order valence-electron chi connectivity index (χ1n) is 9.14. The fourth-order valence-corrected chi connectivity index (χ4v) is 4.04. The third kappa shape index (κ3) is 2.76. The molecule has 1 aromatic heterocycles. The van der Waals surface area contributed by atoms with Crippen molar-refractivity contribution in [1.82, 2.24) is 19.8 Å². The standard InChI is InChI=1S/C19H24N4O3/c1-13-20-15-5-4-14(12-16(15)21-13)17(24)23-7-3-6-19(23,2)18(25)22-8-10-26-11-9-22/h4-5,12H,3,6-11H2,1-2H3,(H,20,21)/t19-/m0/s1. The Hall–Kier alpha value is -2.41. The molecule has 2 aromatic rings. The second-order valence-electron chi connectivity index (χ2n) is 7.29. The minimum atomic E-state index is -0.784. The van der Waals surface area contributed by atoms with Crippen molar-refractivity contribution >= 4 is 22.8 Å². The molecule has 2 amide bonds. The highest BCUT2D eigenvalue weighted by Crippen LogP contribution is 2.33. The van der Waals surface area contributed by atoms with Crippen LogP contribution in [0.4, 0.5) is 0 Å². The first-order chi connectivity index (χ1) is 12.5. The number of hydrogen-bond donors (Lipinski definition) is 1. The van der Waals surface area contributed by atoms with E-state index >= 15 is 0 Å². The number of aromatic amines is 1. The number of nitrogens with zero attached hydrogens (tertiary/aromatic N) is 3. The molecule has 2 saturated heterocycles. The maximum absolute atomic E-state index is 13.2. The molecule has 2 aliphatic rings. The van der Waals surface area contributed by atoms with Gasteiger partial charge in [0.15, 0.2) is 0 Å². The Morgan fingerprint density at radius 1 is 1.23 bits per heavy atom. The van der Waals surface area contributed by atoms with Gasteiger partial charge in [-0.05, 0) is 44.9 Å². The third-order valence-corrected chi connectivity index (χ3v) is 5.49. The van der Waals surface area contributed by atoms with Gasteiger partial charge in [0, 0.05) is 25.2 Å². The van der Waals surface area contributed by atoms with Crippen LogP contribution in [-0.2, 0) is 9.53 Å². The third-order valence-electron chi connectivity index (χ3n) is 5.49. The van der Waals surface area contributed by atoms with E-state index < -0.39 is 5.54 Å². The molecule has 1 aromatic carbocycles. The average Bonchev–Trinajstić information content (AvgIpc) is 3.23. The number of aryl methyl sites for hydroxylation is 1. The molecule has 7 heteroatoms. The summed E-state index contributed by atoms with van der Waals surface area (Å²) in [6.07, 6.45) is 1.53. The topological polar surface area (TPSA) is 78.5 Å². The van der Waals surface area contributed by atoms with Gasteiger partial charge in [-0.25, -0.2) is 4.98 Å². The van der Waals surface area contributed by atoms with Crippen LogP contribution in [0.15, 0.2) is 18.2 Å². The van der Waals surface area contributed by atoms with Crippen molar-refractivity contribution in [2.45, 2.75) is 32.2 Å². The Bertz CT molecular complexity index is 856. The van der Waals surface area contributed by atoms with Crippen molar-refractivity contribution in [3.8, 4) is 0 Å². The summed E-state index contributed by atoms with van der Waals surface area (Å²) in [5, 5.41) is 0. The number of carbonyl (C=O) groups is 2. The summed E-state index contributed by atoms with van der Waals surface area (Å²) in [7, 11) is 0. The maximum Gasteiger partial charge on any atom is 0.254 e. The van der Waals surface area contributed by atoms with Gasteiger partial charge in [0.05, 0.1) is 24.2 Å². The molecule has 0 saturated carbocycles. The first-order valence-corrected chi connectivity index (χ1v) is 9.14. The molecule has 1 N–H and O–H groups in total. The second-order valence-corrected chi connectivity index (χ2v) is 7.29. The summed E-state index contributed by atoms with van der Waals surface area (Å²) >= 11 is 0. The van der Waals surface area contributed by atoms with Gasteiger partial charge >= 0.3 is 0 Å². The van der Waals surface area contributed by atoms with Crippen LogP contribution < -0.4 is 0 Å². The Morgan fingerprint density at radius 3 is 2.77 bits per heavy atom. The Balaban J connectivity index is 1.61. The molecule has 2 fully saturated rings. The van der Waals surface area contributed by atoms with Gasteiger partial charge in [-0.3, -0.25) is 9.59 Å². The lowest BCUT2D eigenvalue weighted by Crippen LogP contribution is -2.58. The zero-order valence-corrected chi connectivity index (χ0v) is 15.2. The summed E-state index contributed by atoms with van der Waals surface area (Å²) in [5.74, 6) is 0.754. The van der Waals surface area contributed by atoms with Gasteiger partial charge in [0.1, 0.15) is 11.4 Å². The number of likely N-dealkylation sites (tertiary alicyclic amines) is 1. The molecule has 2 aliphatic heterocycles. The number of aromatic nitrogens is 2. The predicted molar refractivity (Wildman–Crippen MR) is 96.9 cm³/mol. The number of rotatable bonds is 2. The van der Waals surface area contributed by atoms with Gasteiger partial charge in [-0.2, -0.15) is 0 Å². The molecule has 0 aliphatic carbocycles. The van der Waals surface area contributed by atoms with E-state index in [1.165, 1.54) is 0 Å². The lowest BCUT2D eigenvalue weighted by Gasteiger charge is -2.39. The molecule has 26 heavy (non-hydrogen) atoms. The molecule has 0 spiro atoms. The molecule has 0 unspecified atom stereocenters. The van der Waals surface area contributed by atoms with Crippen LogP contribution in [-0.4, -0.2) is 70.0 Å². The monoisotopic (exact) mass is 356 g/mol. The molecule has 0 bridgehead atoms. The Morgan fingerprint density at radius 2 is 2.00 bits per heavy atom. The number of ether oxygens (including phenoxy) is 1. The lowest BCUT2D eigenvalue weighted by atomic mass is 9.95. The number of hydrogen-bond acceptors (Lipinski definition) is 4. The zero-order valence-electron chi connectivity index (χ0n) is 15.2. The van der Waals surface area contributed by atoms with E-state index in [4.69, 9.17) is 4.74 Å². The number of amides is 2. The smallest absolute Gasteiger partial charge is 0.254 e. The molecule has 3 heterocycles. The molecule has 4 rings (SSSR count). The highest BCUT2D eigenvalue weighted by atomic mass is 16.5. The van der Waals surface area contributed by atoms with E-state index in [1.54, 1.807) is 11.0 Å². The normalized spacial score (nSPS) is 23.6. The quantitative estimate of drug-likeness (QED) is 0.889. The fourth-order valence-electron chi connectivity index (χ4n) is 4.04. The predicted octanol–water partition coefficient (Wildman–Crippen LogP) is 1.72. The van der Waals surface area contributed by atoms with Crippen LogP contribution in [0.1, 0.15) is 35.9 Å². The molecule has 138 valence electrons. The van der Waals surface area contributed by atoms with E-state index in [0.29, 0.717) is 44.8 Å². The SMILES string of the molecule is Cc1nc2ccc(C(=O)N3CCC[C@@]3(C)C(=O)N3CCOCC3)cc2[nH]1. The molecule has 7 nitrogen and oxygen atoms in total. The van der Waals surface area contributed by atoms with Crippen molar-refractivity contribution in [2.75, 3.05) is 32.8 Å². The van der Waals surface area contributed by atoms with Crippen LogP contribution in [0.2, 0.25) is 0 Å². The van der Waals surface area contributed by atoms with Crippen molar-refractivity contribution in [3.63, 3.8) is 0 Å². The van der Waals surface area contributed by atoms with Gasteiger partial charge < -0.3 is 19.5 Å². The number of H-pyrrole nitrogens is 1. The van der Waals surface area contributed by atoms with Crippen LogP contribution in [0, 0.1) is 6.92 Å². The van der Waals surface area contributed by atoms with Crippen molar-refractivity contribution in [1.29, 1.82) is 0 Å². The highest BCUT2D eigenvalue weighted by molar-refractivity contribution is 6.01. The molecule has 1 atom stereocenters. The van der Waals surface area contributed by atoms with E-state index in [-0.39, 0.29) is 11.8 Å². The highest BCUT2D eigenvalue weighted by Gasteiger charge is 2.47. The van der Waals surface area contributed by atoms with Crippen molar-refractivity contribution < 1.29 is 14.3 Å². The summed E-state index contributed by atoms with van der Waals surface area (Å²) in [6.45, 7) is 6.70. The zero-order chi connectivity index (χ0) is 18.3. The van der Waals surface area contributed by atoms with Gasteiger partial charge in [-0.15, -0.1) is 0 Å². The van der Waals surface area contributed by atoms with Crippen LogP contribution in [0.3, 0.4) is 0 Å². The summed E-state index contributed by atoms with van der Waals surface area (Å²) in [5.41, 5.74) is 1.48. The number of nitrogens with one attached hydrogen (secondary N) is 1. The average molecular weight is 356 g/mol. The largest absolute Gasteiger partial charge is 0.378 e. The molecule has 0 radical (unpaired) electrons. The minimum absolute atomic E-state index is 0.0325. The van der Waals surface area contributed by atoms with E-state index in [9.17, 15) is 9.59 Å². The molecular formula is C19H24N4O3. The van der Waals surface area contributed by atoms with Gasteiger partial charge in [0.25, 0.3) is 5.91 Å². The summed E-state index contributed by atoms with van der Waals surface area (Å²) in [6, 6.07) is 5.47. The number of morpholine rings is 1. The Kier molecular flexibility index (Phi) is 4.19. The van der Waals surface area contributed by atoms with Crippen molar-refractivity contribution in [3.05, 3.63) is 29.6 Å². The van der Waals surface area contributed by atoms with Crippen molar-refractivity contribution in [2.24, 2.45) is 0 Å². The fraction of sp³-hybridized carbons (Fsp3) is 0.526. The first kappa shape index (κ1) is 17.0. The molecular weight excluding hydrogens is 332 g/mol. The number of imidazole rings is 1. The minimum Gasteiger partial charge on any atom is -0.378 e. The van der Waals surface area contributed by atoms with E-state index in [1.807, 2.05) is 30.9 Å². The van der Waals surface area contributed by atoms with Crippen LogP contribution in [0.25, 0.3) is 11.0 Å². The lowest BCUT2D eigenvalue weighted by molar-refractivity contribution is -0.144. The summed E-state index contributed by atoms with van der Waals surface area (Å²) in [4.78, 5) is 37.5.